The Morgan fingerprint density at radius 2 is 1.88 bits per heavy atom. The summed E-state index contributed by atoms with van der Waals surface area (Å²) in [7, 11) is 4.02. The Hall–Kier alpha value is -3.12. The third kappa shape index (κ3) is 4.81. The van der Waals surface area contributed by atoms with Crippen molar-refractivity contribution in [1.82, 2.24) is 9.80 Å². The molecule has 2 aromatic carbocycles. The normalized spacial score (nSPS) is 15.6. The van der Waals surface area contributed by atoms with Gasteiger partial charge in [-0.2, -0.15) is 0 Å². The first kappa shape index (κ1) is 23.1. The van der Waals surface area contributed by atoms with E-state index in [1.54, 1.807) is 23.1 Å². The number of hydrogen-bond acceptors (Lipinski definition) is 5. The van der Waals surface area contributed by atoms with Gasteiger partial charge in [0.05, 0.1) is 23.6 Å². The monoisotopic (exact) mass is 448 g/mol. The Balaban J connectivity index is 1.76. The van der Waals surface area contributed by atoms with Crippen LogP contribution in [-0.4, -0.2) is 49.5 Å². The highest BCUT2D eigenvalue weighted by molar-refractivity contribution is 5.99. The van der Waals surface area contributed by atoms with Gasteiger partial charge in [-0.3, -0.25) is 9.59 Å². The highest BCUT2D eigenvalue weighted by atomic mass is 16.5. The zero-order valence-corrected chi connectivity index (χ0v) is 19.8. The van der Waals surface area contributed by atoms with Crippen molar-refractivity contribution < 1.29 is 13.9 Å². The van der Waals surface area contributed by atoms with Crippen molar-refractivity contribution in [1.29, 1.82) is 0 Å². The first-order valence-corrected chi connectivity index (χ1v) is 11.6. The lowest BCUT2D eigenvalue weighted by atomic mass is 9.98. The van der Waals surface area contributed by atoms with Crippen LogP contribution in [0, 0.1) is 5.92 Å². The molecule has 0 radical (unpaired) electrons. The molecule has 1 aromatic heterocycles. The van der Waals surface area contributed by atoms with E-state index >= 15 is 0 Å². The molecule has 1 unspecified atom stereocenters. The smallest absolute Gasteiger partial charge is 0.290 e. The summed E-state index contributed by atoms with van der Waals surface area (Å²) >= 11 is 0. The van der Waals surface area contributed by atoms with E-state index in [4.69, 9.17) is 9.15 Å². The molecule has 3 aromatic rings. The third-order valence-corrected chi connectivity index (χ3v) is 6.02. The number of ether oxygens (including phenoxy) is 1. The van der Waals surface area contributed by atoms with Crippen molar-refractivity contribution >= 4 is 16.9 Å². The summed E-state index contributed by atoms with van der Waals surface area (Å²) in [6, 6.07) is 14.3. The molecule has 0 spiro atoms. The van der Waals surface area contributed by atoms with Crippen LogP contribution in [0.4, 0.5) is 0 Å². The van der Waals surface area contributed by atoms with Crippen LogP contribution >= 0.6 is 0 Å². The molecule has 174 valence electrons. The van der Waals surface area contributed by atoms with E-state index in [9.17, 15) is 9.59 Å². The van der Waals surface area contributed by atoms with E-state index in [1.165, 1.54) is 0 Å². The largest absolute Gasteiger partial charge is 0.494 e. The van der Waals surface area contributed by atoms with Crippen LogP contribution in [0.5, 0.6) is 5.75 Å². The lowest BCUT2D eigenvalue weighted by molar-refractivity contribution is 0.0722. The van der Waals surface area contributed by atoms with Crippen molar-refractivity contribution in [3.8, 4) is 5.75 Å². The van der Waals surface area contributed by atoms with Gasteiger partial charge in [-0.25, -0.2) is 0 Å². The molecule has 0 saturated heterocycles. The number of fused-ring (bicyclic) bond motifs is 2. The van der Waals surface area contributed by atoms with Gasteiger partial charge >= 0.3 is 0 Å². The Morgan fingerprint density at radius 1 is 1.09 bits per heavy atom. The number of para-hydroxylation sites is 1. The average molecular weight is 449 g/mol. The fraction of sp³-hybridized carbons (Fsp3) is 0.407. The molecular weight excluding hydrogens is 416 g/mol. The van der Waals surface area contributed by atoms with E-state index in [2.05, 4.69) is 18.7 Å². The summed E-state index contributed by atoms with van der Waals surface area (Å²) < 4.78 is 12.0. The molecule has 6 nitrogen and oxygen atoms in total. The van der Waals surface area contributed by atoms with Crippen LogP contribution in [0.3, 0.4) is 0 Å². The summed E-state index contributed by atoms with van der Waals surface area (Å²) in [6.07, 6.45) is 1.75. The van der Waals surface area contributed by atoms with Gasteiger partial charge in [-0.05, 0) is 69.2 Å². The molecule has 6 heteroatoms. The summed E-state index contributed by atoms with van der Waals surface area (Å²) in [5.41, 5.74) is 1.57. The zero-order chi connectivity index (χ0) is 23.5. The molecule has 2 heterocycles. The molecule has 1 aliphatic rings. The van der Waals surface area contributed by atoms with Gasteiger partial charge in [0.1, 0.15) is 11.3 Å². The molecule has 0 bridgehead atoms. The van der Waals surface area contributed by atoms with Gasteiger partial charge in [0.25, 0.3) is 5.91 Å². The lowest BCUT2D eigenvalue weighted by Gasteiger charge is -2.26. The fourth-order valence-corrected chi connectivity index (χ4v) is 4.29. The molecule has 33 heavy (non-hydrogen) atoms. The van der Waals surface area contributed by atoms with Gasteiger partial charge in [-0.1, -0.05) is 38.1 Å². The van der Waals surface area contributed by atoms with Crippen LogP contribution in [-0.2, 0) is 0 Å². The van der Waals surface area contributed by atoms with Crippen LogP contribution < -0.4 is 10.2 Å². The van der Waals surface area contributed by atoms with E-state index in [0.717, 1.165) is 30.7 Å². The predicted molar refractivity (Wildman–Crippen MR) is 130 cm³/mol. The quantitative estimate of drug-likeness (QED) is 0.474. The Bertz CT molecular complexity index is 1200. The van der Waals surface area contributed by atoms with Crippen LogP contribution in [0.1, 0.15) is 54.4 Å². The summed E-state index contributed by atoms with van der Waals surface area (Å²) in [4.78, 5) is 30.8. The minimum atomic E-state index is -0.496. The standard InChI is InChI=1S/C27H32N2O4/c1-18(2)13-16-32-20-10-7-9-19(17-20)24-23-25(30)21-11-5-6-12-22(21)33-26(23)27(31)29(24)15-8-14-28(3)4/h5-7,9-12,17-18,24H,8,13-16H2,1-4H3. The van der Waals surface area contributed by atoms with Gasteiger partial charge < -0.3 is 19.0 Å². The van der Waals surface area contributed by atoms with Crippen LogP contribution in [0.25, 0.3) is 11.0 Å². The van der Waals surface area contributed by atoms with Crippen molar-refractivity contribution in [3.05, 3.63) is 75.6 Å². The first-order valence-electron chi connectivity index (χ1n) is 11.6. The van der Waals surface area contributed by atoms with Crippen LogP contribution in [0.2, 0.25) is 0 Å². The molecule has 1 aliphatic heterocycles. The number of rotatable bonds is 9. The molecule has 0 saturated carbocycles. The lowest BCUT2D eigenvalue weighted by Crippen LogP contribution is -2.32. The van der Waals surface area contributed by atoms with Crippen molar-refractivity contribution in [2.45, 2.75) is 32.7 Å². The maximum Gasteiger partial charge on any atom is 0.290 e. The van der Waals surface area contributed by atoms with Gasteiger partial charge in [0.15, 0.2) is 5.43 Å². The van der Waals surface area contributed by atoms with E-state index in [1.807, 2.05) is 44.4 Å². The van der Waals surface area contributed by atoms with E-state index in [-0.39, 0.29) is 17.1 Å². The summed E-state index contributed by atoms with van der Waals surface area (Å²) in [5, 5.41) is 0.494. The predicted octanol–water partition coefficient (Wildman–Crippen LogP) is 4.71. The number of hydrogen-bond donors (Lipinski definition) is 0. The number of carbonyl (C=O) groups is 1. The van der Waals surface area contributed by atoms with Gasteiger partial charge in [0.2, 0.25) is 5.76 Å². The molecule has 1 atom stereocenters. The topological polar surface area (TPSA) is 63.0 Å². The Morgan fingerprint density at radius 3 is 2.64 bits per heavy atom. The molecular formula is C27H32N2O4. The van der Waals surface area contributed by atoms with Crippen molar-refractivity contribution in [2.75, 3.05) is 33.8 Å². The maximum absolute atomic E-state index is 13.5. The third-order valence-electron chi connectivity index (χ3n) is 6.02. The van der Waals surface area contributed by atoms with E-state index in [0.29, 0.717) is 35.6 Å². The summed E-state index contributed by atoms with van der Waals surface area (Å²) in [6.45, 7) is 6.32. The zero-order valence-electron chi connectivity index (χ0n) is 19.8. The maximum atomic E-state index is 13.5. The molecule has 1 amide bonds. The molecule has 0 N–H and O–H groups in total. The second kappa shape index (κ2) is 9.79. The Kier molecular flexibility index (Phi) is 6.84. The minimum Gasteiger partial charge on any atom is -0.494 e. The van der Waals surface area contributed by atoms with Crippen molar-refractivity contribution in [3.63, 3.8) is 0 Å². The fourth-order valence-electron chi connectivity index (χ4n) is 4.29. The SMILES string of the molecule is CC(C)CCOc1cccc(C2c3c(oc4ccccc4c3=O)C(=O)N2CCCN(C)C)c1. The van der Waals surface area contributed by atoms with Crippen LogP contribution in [0.15, 0.2) is 57.7 Å². The molecule has 4 rings (SSSR count). The van der Waals surface area contributed by atoms with Crippen molar-refractivity contribution in [2.24, 2.45) is 5.92 Å². The number of nitrogens with zero attached hydrogens (tertiary/aromatic N) is 2. The van der Waals surface area contributed by atoms with Gasteiger partial charge in [0, 0.05) is 6.54 Å². The average Bonchev–Trinajstić information content (AvgIpc) is 3.06. The Labute approximate surface area is 194 Å². The second-order valence-electron chi connectivity index (χ2n) is 9.33. The number of amides is 1. The molecule has 0 aliphatic carbocycles. The highest BCUT2D eigenvalue weighted by Crippen LogP contribution is 2.39. The first-order chi connectivity index (χ1) is 15.9. The number of carbonyl (C=O) groups excluding carboxylic acids is 1. The highest BCUT2D eigenvalue weighted by Gasteiger charge is 2.42. The minimum absolute atomic E-state index is 0.147. The molecule has 0 fully saturated rings. The number of benzene rings is 2. The second-order valence-corrected chi connectivity index (χ2v) is 9.33. The van der Waals surface area contributed by atoms with E-state index < -0.39 is 6.04 Å². The summed E-state index contributed by atoms with van der Waals surface area (Å²) in [5.74, 6) is 1.22. The van der Waals surface area contributed by atoms with Gasteiger partial charge in [-0.15, -0.1) is 0 Å².